The van der Waals surface area contributed by atoms with E-state index in [0.717, 1.165) is 18.8 Å². The molecule has 0 atom stereocenters. The molecule has 0 saturated heterocycles. The second-order valence-corrected chi connectivity index (χ2v) is 3.84. The summed E-state index contributed by atoms with van der Waals surface area (Å²) in [4.78, 5) is 8.21. The molecule has 0 aromatic carbocycles. The van der Waals surface area contributed by atoms with E-state index in [1.807, 2.05) is 24.4 Å². The van der Waals surface area contributed by atoms with E-state index in [1.165, 1.54) is 5.56 Å². The van der Waals surface area contributed by atoms with Gasteiger partial charge < -0.3 is 5.32 Å². The Balaban J connectivity index is 1.82. The third kappa shape index (κ3) is 3.21. The van der Waals surface area contributed by atoms with Crippen LogP contribution in [0.25, 0.3) is 0 Å². The quantitative estimate of drug-likeness (QED) is 0.883. The number of anilines is 1. The summed E-state index contributed by atoms with van der Waals surface area (Å²) in [6, 6.07) is 7.69. The molecule has 0 aliphatic carbocycles. The molecule has 2 rings (SSSR count). The van der Waals surface area contributed by atoms with Gasteiger partial charge >= 0.3 is 0 Å². The maximum atomic E-state index is 5.74. The van der Waals surface area contributed by atoms with Gasteiger partial charge in [-0.1, -0.05) is 17.7 Å². The van der Waals surface area contributed by atoms with Crippen molar-refractivity contribution in [3.05, 3.63) is 53.4 Å². The Bertz CT molecular complexity index is 428. The highest BCUT2D eigenvalue weighted by Gasteiger charge is 1.95. The van der Waals surface area contributed by atoms with Crippen LogP contribution in [-0.4, -0.2) is 16.5 Å². The number of hydrogen-bond donors (Lipinski definition) is 1. The summed E-state index contributed by atoms with van der Waals surface area (Å²) < 4.78 is 0. The van der Waals surface area contributed by atoms with Crippen LogP contribution in [0.2, 0.25) is 5.02 Å². The lowest BCUT2D eigenvalue weighted by Crippen LogP contribution is -2.06. The van der Waals surface area contributed by atoms with Crippen LogP contribution in [0.5, 0.6) is 0 Å². The molecule has 3 nitrogen and oxygen atoms in total. The summed E-state index contributed by atoms with van der Waals surface area (Å²) in [6.45, 7) is 0.834. The zero-order valence-corrected chi connectivity index (χ0v) is 9.48. The van der Waals surface area contributed by atoms with Crippen molar-refractivity contribution in [1.82, 2.24) is 9.97 Å². The largest absolute Gasteiger partial charge is 0.370 e. The van der Waals surface area contributed by atoms with E-state index in [9.17, 15) is 0 Å². The van der Waals surface area contributed by atoms with Crippen molar-refractivity contribution in [3.8, 4) is 0 Å². The highest BCUT2D eigenvalue weighted by molar-refractivity contribution is 6.30. The smallest absolute Gasteiger partial charge is 0.125 e. The van der Waals surface area contributed by atoms with Gasteiger partial charge in [0.2, 0.25) is 0 Å². The van der Waals surface area contributed by atoms with E-state index in [0.29, 0.717) is 5.02 Å². The number of rotatable bonds is 4. The Morgan fingerprint density at radius 2 is 2.12 bits per heavy atom. The second-order valence-electron chi connectivity index (χ2n) is 3.40. The highest BCUT2D eigenvalue weighted by Crippen LogP contribution is 2.09. The van der Waals surface area contributed by atoms with Crippen LogP contribution in [0.15, 0.2) is 42.9 Å². The van der Waals surface area contributed by atoms with Crippen LogP contribution in [0.1, 0.15) is 5.56 Å². The van der Waals surface area contributed by atoms with E-state index in [1.54, 1.807) is 12.4 Å². The van der Waals surface area contributed by atoms with Gasteiger partial charge in [-0.25, -0.2) is 4.98 Å². The zero-order valence-electron chi connectivity index (χ0n) is 8.73. The van der Waals surface area contributed by atoms with Gasteiger partial charge in [-0.15, -0.1) is 0 Å². The van der Waals surface area contributed by atoms with Crippen molar-refractivity contribution in [2.24, 2.45) is 0 Å². The minimum absolute atomic E-state index is 0.651. The lowest BCUT2D eigenvalue weighted by atomic mass is 10.2. The predicted octanol–water partition coefficient (Wildman–Crippen LogP) is 2.78. The van der Waals surface area contributed by atoms with Gasteiger partial charge in [0.25, 0.3) is 0 Å². The first-order valence-electron chi connectivity index (χ1n) is 5.09. The average molecular weight is 234 g/mol. The molecule has 0 spiro atoms. The molecule has 2 aromatic rings. The highest BCUT2D eigenvalue weighted by atomic mass is 35.5. The van der Waals surface area contributed by atoms with Crippen LogP contribution in [0.3, 0.4) is 0 Å². The fourth-order valence-electron chi connectivity index (χ4n) is 1.36. The Kier molecular flexibility index (Phi) is 3.72. The van der Waals surface area contributed by atoms with E-state index < -0.39 is 0 Å². The molecule has 2 heterocycles. The van der Waals surface area contributed by atoms with E-state index in [4.69, 9.17) is 11.6 Å². The molecule has 16 heavy (non-hydrogen) atoms. The van der Waals surface area contributed by atoms with Gasteiger partial charge in [0.15, 0.2) is 0 Å². The fourth-order valence-corrected chi connectivity index (χ4v) is 1.47. The molecule has 2 aromatic heterocycles. The number of nitrogens with one attached hydrogen (secondary N) is 1. The van der Waals surface area contributed by atoms with E-state index in [2.05, 4.69) is 21.4 Å². The summed E-state index contributed by atoms with van der Waals surface area (Å²) in [5.74, 6) is 0.841. The normalized spacial score (nSPS) is 10.1. The topological polar surface area (TPSA) is 37.8 Å². The number of hydrogen-bond acceptors (Lipinski definition) is 3. The molecule has 0 bridgehead atoms. The molecule has 0 saturated carbocycles. The monoisotopic (exact) mass is 233 g/mol. The van der Waals surface area contributed by atoms with Gasteiger partial charge in [-0.3, -0.25) is 4.98 Å². The third-order valence-corrected chi connectivity index (χ3v) is 2.39. The van der Waals surface area contributed by atoms with Crippen LogP contribution in [-0.2, 0) is 6.42 Å². The molecule has 0 radical (unpaired) electrons. The Hall–Kier alpha value is -1.61. The second kappa shape index (κ2) is 5.47. The first kappa shape index (κ1) is 10.9. The maximum absolute atomic E-state index is 5.74. The van der Waals surface area contributed by atoms with Crippen molar-refractivity contribution < 1.29 is 0 Å². The zero-order chi connectivity index (χ0) is 11.2. The van der Waals surface area contributed by atoms with E-state index in [-0.39, 0.29) is 0 Å². The van der Waals surface area contributed by atoms with Crippen molar-refractivity contribution >= 4 is 17.4 Å². The number of halogens is 1. The van der Waals surface area contributed by atoms with Gasteiger partial charge in [-0.2, -0.15) is 0 Å². The first-order valence-corrected chi connectivity index (χ1v) is 5.47. The lowest BCUT2D eigenvalue weighted by molar-refractivity contribution is 0.994. The van der Waals surface area contributed by atoms with Gasteiger partial charge in [0, 0.05) is 25.1 Å². The number of nitrogens with zero attached hydrogens (tertiary/aromatic N) is 2. The number of aromatic nitrogens is 2. The molecule has 0 unspecified atom stereocenters. The minimum atomic E-state index is 0.651. The van der Waals surface area contributed by atoms with Crippen LogP contribution >= 0.6 is 11.6 Å². The Labute approximate surface area is 99.5 Å². The van der Waals surface area contributed by atoms with Crippen molar-refractivity contribution in [2.75, 3.05) is 11.9 Å². The molecule has 1 N–H and O–H groups in total. The van der Waals surface area contributed by atoms with Gasteiger partial charge in [-0.05, 0) is 30.2 Å². The van der Waals surface area contributed by atoms with Gasteiger partial charge in [0.05, 0.1) is 5.02 Å². The molecular formula is C12H12ClN3. The van der Waals surface area contributed by atoms with E-state index >= 15 is 0 Å². The Morgan fingerprint density at radius 3 is 2.81 bits per heavy atom. The first-order chi connectivity index (χ1) is 7.84. The molecule has 0 aliphatic rings. The third-order valence-electron chi connectivity index (χ3n) is 2.17. The van der Waals surface area contributed by atoms with Crippen molar-refractivity contribution in [3.63, 3.8) is 0 Å². The molecule has 82 valence electrons. The average Bonchev–Trinajstić information content (AvgIpc) is 2.33. The summed E-state index contributed by atoms with van der Waals surface area (Å²) >= 11 is 5.74. The van der Waals surface area contributed by atoms with Crippen LogP contribution in [0, 0.1) is 0 Å². The molecule has 0 aliphatic heterocycles. The Morgan fingerprint density at radius 1 is 1.19 bits per heavy atom. The lowest BCUT2D eigenvalue weighted by Gasteiger charge is -2.04. The van der Waals surface area contributed by atoms with Crippen molar-refractivity contribution in [1.29, 1.82) is 0 Å². The molecular weight excluding hydrogens is 222 g/mol. The standard InChI is InChI=1S/C12H12ClN3/c13-11-3-4-12(16-9-11)15-7-5-10-2-1-6-14-8-10/h1-4,6,8-9H,5,7H2,(H,15,16). The maximum Gasteiger partial charge on any atom is 0.125 e. The molecule has 0 fully saturated rings. The van der Waals surface area contributed by atoms with Gasteiger partial charge in [0.1, 0.15) is 5.82 Å². The predicted molar refractivity (Wildman–Crippen MR) is 65.7 cm³/mol. The summed E-state index contributed by atoms with van der Waals surface area (Å²) in [6.07, 6.45) is 6.21. The summed E-state index contributed by atoms with van der Waals surface area (Å²) in [5.41, 5.74) is 1.21. The van der Waals surface area contributed by atoms with Crippen LogP contribution < -0.4 is 5.32 Å². The molecule has 4 heteroatoms. The fraction of sp³-hybridized carbons (Fsp3) is 0.167. The van der Waals surface area contributed by atoms with Crippen LogP contribution in [0.4, 0.5) is 5.82 Å². The SMILES string of the molecule is Clc1ccc(NCCc2cccnc2)nc1. The minimum Gasteiger partial charge on any atom is -0.370 e. The molecule has 0 amide bonds. The summed E-state index contributed by atoms with van der Waals surface area (Å²) in [5, 5.41) is 3.87. The number of pyridine rings is 2. The van der Waals surface area contributed by atoms with Crippen molar-refractivity contribution in [2.45, 2.75) is 6.42 Å². The summed E-state index contributed by atoms with van der Waals surface area (Å²) in [7, 11) is 0.